The minimum absolute atomic E-state index is 0.556. The highest BCUT2D eigenvalue weighted by Gasteiger charge is 2.12. The van der Waals surface area contributed by atoms with Gasteiger partial charge in [0.05, 0.1) is 8.66 Å². The number of thiophene rings is 1. The molecule has 3 nitrogen and oxygen atoms in total. The molecule has 0 aliphatic carbocycles. The van der Waals surface area contributed by atoms with Crippen molar-refractivity contribution in [2.24, 2.45) is 0 Å². The molecule has 0 saturated carbocycles. The number of hydrogen-bond acceptors (Lipinski definition) is 4. The van der Waals surface area contributed by atoms with Gasteiger partial charge in [0.2, 0.25) is 5.89 Å². The van der Waals surface area contributed by atoms with E-state index in [1.807, 2.05) is 6.07 Å². The lowest BCUT2D eigenvalue weighted by Crippen LogP contribution is -1.85. The van der Waals surface area contributed by atoms with Gasteiger partial charge >= 0.3 is 0 Å². The van der Waals surface area contributed by atoms with E-state index in [4.69, 9.17) is 16.0 Å². The molecule has 86 valence electrons. The number of nitrogens with zero attached hydrogens (tertiary/aromatic N) is 2. The minimum Gasteiger partial charge on any atom is -0.420 e. The van der Waals surface area contributed by atoms with Gasteiger partial charge in [-0.05, 0) is 44.3 Å². The summed E-state index contributed by atoms with van der Waals surface area (Å²) in [4.78, 5) is 0.948. The lowest BCUT2D eigenvalue weighted by atomic mass is 10.3. The van der Waals surface area contributed by atoms with Crippen molar-refractivity contribution in [1.82, 2.24) is 10.2 Å². The maximum atomic E-state index is 5.60. The van der Waals surface area contributed by atoms with Crippen molar-refractivity contribution in [1.29, 1.82) is 0 Å². The predicted molar refractivity (Wildman–Crippen MR) is 72.1 cm³/mol. The Balaban J connectivity index is 2.18. The van der Waals surface area contributed by atoms with Crippen molar-refractivity contribution in [2.45, 2.75) is 12.8 Å². The molecule has 2 rings (SSSR count). The van der Waals surface area contributed by atoms with Gasteiger partial charge in [0, 0.05) is 16.8 Å². The molecule has 0 aromatic carbocycles. The zero-order valence-electron chi connectivity index (χ0n) is 8.04. The van der Waals surface area contributed by atoms with Crippen molar-refractivity contribution in [3.05, 3.63) is 20.2 Å². The van der Waals surface area contributed by atoms with Gasteiger partial charge in [-0.25, -0.2) is 0 Å². The van der Waals surface area contributed by atoms with E-state index in [-0.39, 0.29) is 0 Å². The van der Waals surface area contributed by atoms with Crippen LogP contribution in [0.5, 0.6) is 0 Å². The molecule has 0 aliphatic heterocycles. The fraction of sp³-hybridized carbons (Fsp3) is 0.333. The Labute approximate surface area is 118 Å². The van der Waals surface area contributed by atoms with Crippen LogP contribution in [-0.2, 0) is 6.42 Å². The molecule has 0 fully saturated rings. The van der Waals surface area contributed by atoms with Gasteiger partial charge in [0.1, 0.15) is 0 Å². The Hall–Kier alpha value is 0.0900. The first kappa shape index (κ1) is 12.5. The molecule has 2 aromatic rings. The van der Waals surface area contributed by atoms with Crippen LogP contribution in [0, 0.1) is 0 Å². The number of alkyl halides is 1. The van der Waals surface area contributed by atoms with E-state index in [2.05, 4.69) is 42.1 Å². The summed E-state index contributed by atoms with van der Waals surface area (Å²) in [6.07, 6.45) is 1.57. The molecule has 2 aromatic heterocycles. The topological polar surface area (TPSA) is 38.9 Å². The predicted octanol–water partition coefficient (Wildman–Crippen LogP) is 4.49. The first-order valence-corrected chi connectivity index (χ1v) is 7.48. The Bertz CT molecular complexity index is 466. The largest absolute Gasteiger partial charge is 0.420 e. The summed E-state index contributed by atoms with van der Waals surface area (Å²) in [5.74, 6) is 1.80. The summed E-state index contributed by atoms with van der Waals surface area (Å²) in [5, 5.41) is 7.97. The van der Waals surface area contributed by atoms with E-state index in [0.717, 1.165) is 26.0 Å². The normalized spacial score (nSPS) is 10.9. The monoisotopic (exact) mass is 384 g/mol. The van der Waals surface area contributed by atoms with Crippen molar-refractivity contribution in [3.63, 3.8) is 0 Å². The molecular formula is C9H7Br2ClN2OS. The van der Waals surface area contributed by atoms with Crippen LogP contribution in [0.15, 0.2) is 18.7 Å². The third-order valence-corrected chi connectivity index (χ3v) is 5.36. The Morgan fingerprint density at radius 2 is 2.19 bits per heavy atom. The fourth-order valence-electron chi connectivity index (χ4n) is 1.12. The summed E-state index contributed by atoms with van der Waals surface area (Å²) < 4.78 is 7.54. The molecule has 0 amide bonds. The number of aryl methyl sites for hydroxylation is 1. The van der Waals surface area contributed by atoms with Gasteiger partial charge < -0.3 is 4.42 Å². The fourth-order valence-corrected chi connectivity index (χ4v) is 3.21. The van der Waals surface area contributed by atoms with E-state index in [0.29, 0.717) is 17.7 Å². The Morgan fingerprint density at radius 3 is 2.81 bits per heavy atom. The van der Waals surface area contributed by atoms with Crippen LogP contribution >= 0.6 is 54.8 Å². The van der Waals surface area contributed by atoms with Crippen LogP contribution in [0.2, 0.25) is 0 Å². The van der Waals surface area contributed by atoms with Crippen LogP contribution in [-0.4, -0.2) is 16.1 Å². The molecule has 0 spiro atoms. The average molecular weight is 386 g/mol. The molecule has 0 bridgehead atoms. The summed E-state index contributed by atoms with van der Waals surface area (Å²) in [5.41, 5.74) is 0. The van der Waals surface area contributed by atoms with Crippen LogP contribution in [0.1, 0.15) is 12.3 Å². The lowest BCUT2D eigenvalue weighted by Gasteiger charge is -1.89. The number of rotatable bonds is 4. The van der Waals surface area contributed by atoms with Gasteiger partial charge in [-0.2, -0.15) is 0 Å². The van der Waals surface area contributed by atoms with Gasteiger partial charge in [-0.3, -0.25) is 0 Å². The second-order valence-electron chi connectivity index (χ2n) is 3.03. The van der Waals surface area contributed by atoms with Crippen molar-refractivity contribution >= 4 is 54.8 Å². The molecule has 0 atom stereocenters. The van der Waals surface area contributed by atoms with Crippen LogP contribution in [0.25, 0.3) is 10.8 Å². The molecular weight excluding hydrogens is 379 g/mol. The van der Waals surface area contributed by atoms with Crippen LogP contribution in [0.3, 0.4) is 0 Å². The number of aromatic nitrogens is 2. The minimum atomic E-state index is 0.556. The quantitative estimate of drug-likeness (QED) is 0.727. The highest BCUT2D eigenvalue weighted by molar-refractivity contribution is 9.13. The molecule has 0 unspecified atom stereocenters. The van der Waals surface area contributed by atoms with Crippen LogP contribution < -0.4 is 0 Å². The lowest BCUT2D eigenvalue weighted by molar-refractivity contribution is 0.503. The smallest absolute Gasteiger partial charge is 0.257 e. The number of hydrogen-bond donors (Lipinski definition) is 0. The molecule has 0 saturated heterocycles. The van der Waals surface area contributed by atoms with Crippen molar-refractivity contribution < 1.29 is 4.42 Å². The Kier molecular flexibility index (Phi) is 4.41. The van der Waals surface area contributed by atoms with E-state index in [9.17, 15) is 0 Å². The summed E-state index contributed by atoms with van der Waals surface area (Å²) in [6.45, 7) is 0. The Morgan fingerprint density at radius 1 is 1.38 bits per heavy atom. The molecule has 16 heavy (non-hydrogen) atoms. The zero-order chi connectivity index (χ0) is 11.5. The maximum absolute atomic E-state index is 5.60. The van der Waals surface area contributed by atoms with Crippen LogP contribution in [0.4, 0.5) is 0 Å². The zero-order valence-corrected chi connectivity index (χ0v) is 12.8. The van der Waals surface area contributed by atoms with E-state index in [1.54, 1.807) is 11.3 Å². The van der Waals surface area contributed by atoms with Crippen molar-refractivity contribution in [2.75, 3.05) is 5.88 Å². The first-order valence-electron chi connectivity index (χ1n) is 4.54. The molecule has 0 aliphatic rings. The molecule has 7 heteroatoms. The SMILES string of the molecule is ClCCCc1nnc(-c2cc(Br)c(Br)s2)o1. The highest BCUT2D eigenvalue weighted by Crippen LogP contribution is 2.37. The van der Waals surface area contributed by atoms with Gasteiger partial charge in [0.25, 0.3) is 5.89 Å². The highest BCUT2D eigenvalue weighted by atomic mass is 79.9. The van der Waals surface area contributed by atoms with Gasteiger partial charge in [-0.15, -0.1) is 33.1 Å². The van der Waals surface area contributed by atoms with Crippen molar-refractivity contribution in [3.8, 4) is 10.8 Å². The molecule has 0 N–H and O–H groups in total. The van der Waals surface area contributed by atoms with E-state index < -0.39 is 0 Å². The maximum Gasteiger partial charge on any atom is 0.257 e. The molecule has 2 heterocycles. The third-order valence-electron chi connectivity index (χ3n) is 1.85. The average Bonchev–Trinajstić information content (AvgIpc) is 2.84. The second-order valence-corrected chi connectivity index (χ2v) is 6.63. The standard InChI is InChI=1S/C9H7Br2ClN2OS/c10-5-4-6(16-8(5)11)9-14-13-7(15-9)2-1-3-12/h4H,1-3H2. The van der Waals surface area contributed by atoms with E-state index in [1.165, 1.54) is 0 Å². The summed E-state index contributed by atoms with van der Waals surface area (Å²) in [6, 6.07) is 1.95. The summed E-state index contributed by atoms with van der Waals surface area (Å²) in [7, 11) is 0. The second kappa shape index (κ2) is 5.62. The summed E-state index contributed by atoms with van der Waals surface area (Å²) >= 11 is 14.0. The third kappa shape index (κ3) is 2.85. The van der Waals surface area contributed by atoms with Gasteiger partial charge in [0.15, 0.2) is 0 Å². The molecule has 0 radical (unpaired) electrons. The van der Waals surface area contributed by atoms with E-state index >= 15 is 0 Å². The van der Waals surface area contributed by atoms with Gasteiger partial charge in [-0.1, -0.05) is 0 Å². The number of halogens is 3. The first-order chi connectivity index (χ1) is 7.70.